The van der Waals surface area contributed by atoms with Gasteiger partial charge in [-0.25, -0.2) is 0 Å². The number of nitrogens with zero attached hydrogens (tertiary/aromatic N) is 3. The fourth-order valence-corrected chi connectivity index (χ4v) is 1.22. The summed E-state index contributed by atoms with van der Waals surface area (Å²) in [6.07, 6.45) is 3.86. The third-order valence-electron chi connectivity index (χ3n) is 1.81. The van der Waals surface area contributed by atoms with Gasteiger partial charge in [0, 0.05) is 25.7 Å². The minimum atomic E-state index is 0.909. The highest BCUT2D eigenvalue weighted by Gasteiger charge is 2.10. The van der Waals surface area contributed by atoms with E-state index in [2.05, 4.69) is 21.6 Å². The molecule has 4 nitrogen and oxygen atoms in total. The summed E-state index contributed by atoms with van der Waals surface area (Å²) in [6, 6.07) is 0. The van der Waals surface area contributed by atoms with Crippen molar-refractivity contribution in [2.75, 3.05) is 13.1 Å². The summed E-state index contributed by atoms with van der Waals surface area (Å²) < 4.78 is 1.93. The molecular weight excluding hydrogens is 140 g/mol. The molecular formula is C7H10N4. The third-order valence-corrected chi connectivity index (χ3v) is 1.81. The molecule has 0 unspecified atom stereocenters. The van der Waals surface area contributed by atoms with E-state index in [0.717, 1.165) is 18.9 Å². The van der Waals surface area contributed by atoms with Gasteiger partial charge in [0.1, 0.15) is 6.33 Å². The van der Waals surface area contributed by atoms with Gasteiger partial charge < -0.3 is 9.88 Å². The van der Waals surface area contributed by atoms with Crippen molar-refractivity contribution in [1.29, 1.82) is 0 Å². The standard InChI is InChI=1S/C7H10N4/c1-11-5-9-10-7(11)6-2-3-8-4-6/h2,5,8H,3-4H2,1H3. The van der Waals surface area contributed by atoms with Gasteiger partial charge in [0.05, 0.1) is 0 Å². The topological polar surface area (TPSA) is 42.7 Å². The highest BCUT2D eigenvalue weighted by molar-refractivity contribution is 5.63. The molecule has 1 N–H and O–H groups in total. The lowest BCUT2D eigenvalue weighted by molar-refractivity contribution is 0.861. The van der Waals surface area contributed by atoms with Crippen molar-refractivity contribution in [3.8, 4) is 0 Å². The van der Waals surface area contributed by atoms with E-state index in [9.17, 15) is 0 Å². The van der Waals surface area contributed by atoms with Gasteiger partial charge in [0.25, 0.3) is 0 Å². The first-order valence-electron chi connectivity index (χ1n) is 3.62. The van der Waals surface area contributed by atoms with Gasteiger partial charge in [0.15, 0.2) is 5.82 Å². The predicted octanol–water partition coefficient (Wildman–Crippen LogP) is -0.198. The fraction of sp³-hybridized carbons (Fsp3) is 0.429. The van der Waals surface area contributed by atoms with Crippen LogP contribution < -0.4 is 5.32 Å². The maximum Gasteiger partial charge on any atom is 0.160 e. The summed E-state index contributed by atoms with van der Waals surface area (Å²) in [7, 11) is 1.95. The lowest BCUT2D eigenvalue weighted by Gasteiger charge is -1.98. The molecule has 0 aromatic carbocycles. The lowest BCUT2D eigenvalue weighted by Crippen LogP contribution is -2.09. The second kappa shape index (κ2) is 2.47. The molecule has 0 bridgehead atoms. The van der Waals surface area contributed by atoms with E-state index in [4.69, 9.17) is 0 Å². The Balaban J connectivity index is 2.35. The van der Waals surface area contributed by atoms with Crippen LogP contribution in [0.4, 0.5) is 0 Å². The number of hydrogen-bond donors (Lipinski definition) is 1. The summed E-state index contributed by atoms with van der Waals surface area (Å²) >= 11 is 0. The van der Waals surface area contributed by atoms with Crippen LogP contribution in [-0.2, 0) is 7.05 Å². The average Bonchev–Trinajstić information content (AvgIpc) is 2.55. The van der Waals surface area contributed by atoms with Crippen LogP contribution in [0.2, 0.25) is 0 Å². The molecule has 0 radical (unpaired) electrons. The van der Waals surface area contributed by atoms with Gasteiger partial charge in [-0.3, -0.25) is 0 Å². The molecule has 1 aliphatic rings. The van der Waals surface area contributed by atoms with Crippen molar-refractivity contribution in [3.63, 3.8) is 0 Å². The Morgan fingerprint density at radius 1 is 1.64 bits per heavy atom. The summed E-state index contributed by atoms with van der Waals surface area (Å²) in [5.74, 6) is 0.968. The minimum absolute atomic E-state index is 0.909. The summed E-state index contributed by atoms with van der Waals surface area (Å²) in [5.41, 5.74) is 1.24. The van der Waals surface area contributed by atoms with Gasteiger partial charge in [-0.2, -0.15) is 0 Å². The number of hydrogen-bond acceptors (Lipinski definition) is 3. The Labute approximate surface area is 64.9 Å². The van der Waals surface area contributed by atoms with Crippen molar-refractivity contribution in [3.05, 3.63) is 18.2 Å². The van der Waals surface area contributed by atoms with Gasteiger partial charge in [-0.05, 0) is 0 Å². The third kappa shape index (κ3) is 1.05. The SMILES string of the molecule is Cn1cnnc1C1=CCNC1. The quantitative estimate of drug-likeness (QED) is 0.603. The molecule has 1 aromatic rings. The first-order valence-corrected chi connectivity index (χ1v) is 3.62. The van der Waals surface area contributed by atoms with Crippen molar-refractivity contribution in [2.24, 2.45) is 7.05 Å². The first kappa shape index (κ1) is 6.54. The van der Waals surface area contributed by atoms with Gasteiger partial charge >= 0.3 is 0 Å². The van der Waals surface area contributed by atoms with Crippen LogP contribution in [0.25, 0.3) is 5.57 Å². The van der Waals surface area contributed by atoms with Crippen molar-refractivity contribution in [1.82, 2.24) is 20.1 Å². The van der Waals surface area contributed by atoms with Crippen LogP contribution in [-0.4, -0.2) is 27.9 Å². The summed E-state index contributed by atoms with van der Waals surface area (Å²) in [4.78, 5) is 0. The van der Waals surface area contributed by atoms with Crippen LogP contribution in [0, 0.1) is 0 Å². The van der Waals surface area contributed by atoms with Crippen molar-refractivity contribution < 1.29 is 0 Å². The minimum Gasteiger partial charge on any atom is -0.317 e. The molecule has 58 valence electrons. The maximum absolute atomic E-state index is 4.00. The largest absolute Gasteiger partial charge is 0.317 e. The molecule has 2 rings (SSSR count). The number of nitrogens with one attached hydrogen (secondary N) is 1. The van der Waals surface area contributed by atoms with E-state index in [1.165, 1.54) is 5.57 Å². The molecule has 0 amide bonds. The Morgan fingerprint density at radius 3 is 3.09 bits per heavy atom. The molecule has 0 atom stereocenters. The smallest absolute Gasteiger partial charge is 0.160 e. The molecule has 4 heteroatoms. The number of aryl methyl sites for hydroxylation is 1. The van der Waals surface area contributed by atoms with E-state index in [1.807, 2.05) is 11.6 Å². The van der Waals surface area contributed by atoms with Crippen molar-refractivity contribution in [2.45, 2.75) is 0 Å². The van der Waals surface area contributed by atoms with E-state index >= 15 is 0 Å². The second-order valence-electron chi connectivity index (χ2n) is 2.63. The Bertz CT molecular complexity index is 286. The summed E-state index contributed by atoms with van der Waals surface area (Å²) in [6.45, 7) is 1.86. The molecule has 1 aliphatic heterocycles. The Morgan fingerprint density at radius 2 is 2.55 bits per heavy atom. The van der Waals surface area contributed by atoms with Crippen LogP contribution in [0.5, 0.6) is 0 Å². The maximum atomic E-state index is 4.00. The molecule has 0 aliphatic carbocycles. The van der Waals surface area contributed by atoms with E-state index in [-0.39, 0.29) is 0 Å². The highest BCUT2D eigenvalue weighted by atomic mass is 15.2. The molecule has 11 heavy (non-hydrogen) atoms. The summed E-state index contributed by atoms with van der Waals surface area (Å²) in [5, 5.41) is 11.0. The molecule has 2 heterocycles. The van der Waals surface area contributed by atoms with E-state index in [0.29, 0.717) is 0 Å². The second-order valence-corrected chi connectivity index (χ2v) is 2.63. The number of rotatable bonds is 1. The zero-order valence-corrected chi connectivity index (χ0v) is 6.41. The zero-order chi connectivity index (χ0) is 7.68. The lowest BCUT2D eigenvalue weighted by atomic mass is 10.3. The highest BCUT2D eigenvalue weighted by Crippen LogP contribution is 2.11. The van der Waals surface area contributed by atoms with Crippen molar-refractivity contribution >= 4 is 5.57 Å². The van der Waals surface area contributed by atoms with Crippen LogP contribution in [0.3, 0.4) is 0 Å². The van der Waals surface area contributed by atoms with Gasteiger partial charge in [-0.15, -0.1) is 10.2 Å². The predicted molar refractivity (Wildman–Crippen MR) is 41.8 cm³/mol. The Kier molecular flexibility index (Phi) is 1.47. The first-order chi connectivity index (χ1) is 5.38. The molecule has 0 spiro atoms. The zero-order valence-electron chi connectivity index (χ0n) is 6.41. The molecule has 0 fully saturated rings. The fourth-order valence-electron chi connectivity index (χ4n) is 1.22. The van der Waals surface area contributed by atoms with Crippen LogP contribution in [0.15, 0.2) is 12.4 Å². The van der Waals surface area contributed by atoms with Gasteiger partial charge in [0.2, 0.25) is 0 Å². The van der Waals surface area contributed by atoms with E-state index < -0.39 is 0 Å². The normalized spacial score (nSPS) is 17.0. The van der Waals surface area contributed by atoms with Crippen LogP contribution >= 0.6 is 0 Å². The molecule has 0 saturated heterocycles. The average molecular weight is 150 g/mol. The Hall–Kier alpha value is -1.16. The monoisotopic (exact) mass is 150 g/mol. The molecule has 0 saturated carbocycles. The van der Waals surface area contributed by atoms with E-state index in [1.54, 1.807) is 6.33 Å². The van der Waals surface area contributed by atoms with Crippen LogP contribution in [0.1, 0.15) is 5.82 Å². The van der Waals surface area contributed by atoms with Gasteiger partial charge in [-0.1, -0.05) is 6.08 Å². The number of aromatic nitrogens is 3. The molecule has 1 aromatic heterocycles.